The molecular formula is C24H18Cl2N2O6. The molecular weight excluding hydrogens is 483 g/mol. The fourth-order valence-corrected chi connectivity index (χ4v) is 3.31. The van der Waals surface area contributed by atoms with Gasteiger partial charge in [0.05, 0.1) is 12.1 Å². The average Bonchev–Trinajstić information content (AvgIpc) is 2.78. The highest BCUT2D eigenvalue weighted by molar-refractivity contribution is 5.91. The average molecular weight is 501 g/mol. The van der Waals surface area contributed by atoms with Gasteiger partial charge < -0.3 is 45.2 Å². The van der Waals surface area contributed by atoms with Gasteiger partial charge in [-0.3, -0.25) is 0 Å². The molecule has 10 heteroatoms. The number of aromatic carboxylic acids is 2. The summed E-state index contributed by atoms with van der Waals surface area (Å²) in [5.41, 5.74) is 2.79. The molecule has 4 N–H and O–H groups in total. The first-order chi connectivity index (χ1) is 15.3. The van der Waals surface area contributed by atoms with E-state index in [0.29, 0.717) is 11.4 Å². The van der Waals surface area contributed by atoms with Gasteiger partial charge in [0.15, 0.2) is 24.8 Å². The van der Waals surface area contributed by atoms with Crippen molar-refractivity contribution in [3.05, 3.63) is 96.6 Å². The minimum absolute atomic E-state index is 0. The lowest BCUT2D eigenvalue weighted by Crippen LogP contribution is -3.00. The molecule has 2 heterocycles. The third-order valence-corrected chi connectivity index (χ3v) is 5.01. The highest BCUT2D eigenvalue weighted by atomic mass is 35.5. The summed E-state index contributed by atoms with van der Waals surface area (Å²) in [6, 6.07) is 16.2. The fraction of sp³-hybridized carbons (Fsp3) is 0. The number of phenols is 2. The molecule has 2 aromatic heterocycles. The summed E-state index contributed by atoms with van der Waals surface area (Å²) >= 11 is 0. The number of halogens is 2. The van der Waals surface area contributed by atoms with Gasteiger partial charge in [0.1, 0.15) is 22.6 Å². The monoisotopic (exact) mass is 500 g/mol. The second kappa shape index (κ2) is 10.7. The topological polar surface area (TPSA) is 123 Å². The Kier molecular flexibility index (Phi) is 8.18. The zero-order valence-corrected chi connectivity index (χ0v) is 18.9. The molecule has 2 aromatic carbocycles. The third kappa shape index (κ3) is 5.25. The van der Waals surface area contributed by atoms with Crippen LogP contribution in [0, 0.1) is 0 Å². The number of hydrogen-bond donors (Lipinski definition) is 4. The Morgan fingerprint density at radius 3 is 1.15 bits per heavy atom. The lowest BCUT2D eigenvalue weighted by Gasteiger charge is -2.03. The molecule has 0 saturated carbocycles. The van der Waals surface area contributed by atoms with Crippen molar-refractivity contribution in [2.75, 3.05) is 0 Å². The van der Waals surface area contributed by atoms with Crippen LogP contribution in [0.25, 0.3) is 22.5 Å². The van der Waals surface area contributed by atoms with Crippen molar-refractivity contribution in [2.45, 2.75) is 0 Å². The van der Waals surface area contributed by atoms with Crippen molar-refractivity contribution >= 4 is 11.9 Å². The molecule has 0 spiro atoms. The number of aromatic hydroxyl groups is 2. The highest BCUT2D eigenvalue weighted by Crippen LogP contribution is 2.21. The van der Waals surface area contributed by atoms with Gasteiger partial charge >= 0.3 is 11.9 Å². The minimum atomic E-state index is -1.19. The van der Waals surface area contributed by atoms with E-state index in [1.54, 1.807) is 46.1 Å². The summed E-state index contributed by atoms with van der Waals surface area (Å²) < 4.78 is 3.51. The number of carboxylic acid groups (broad SMARTS) is 2. The molecule has 0 unspecified atom stereocenters. The fourth-order valence-electron chi connectivity index (χ4n) is 3.31. The molecule has 0 saturated heterocycles. The van der Waals surface area contributed by atoms with Crippen molar-refractivity contribution in [2.24, 2.45) is 0 Å². The molecule has 0 bridgehead atoms. The van der Waals surface area contributed by atoms with Crippen molar-refractivity contribution < 1.29 is 64.0 Å². The summed E-state index contributed by atoms with van der Waals surface area (Å²) in [5, 5.41) is 37.8. The van der Waals surface area contributed by atoms with Crippen molar-refractivity contribution in [1.29, 1.82) is 0 Å². The largest absolute Gasteiger partial charge is 1.00 e. The Morgan fingerprint density at radius 2 is 0.882 bits per heavy atom. The van der Waals surface area contributed by atoms with E-state index < -0.39 is 11.9 Å². The molecule has 0 aliphatic carbocycles. The lowest BCUT2D eigenvalue weighted by atomic mass is 10.1. The van der Waals surface area contributed by atoms with Gasteiger partial charge in [-0.15, -0.1) is 0 Å². The zero-order valence-electron chi connectivity index (χ0n) is 17.3. The van der Waals surface area contributed by atoms with E-state index in [1.807, 2.05) is 24.3 Å². The maximum absolute atomic E-state index is 11.0. The third-order valence-electron chi connectivity index (χ3n) is 5.01. The predicted molar refractivity (Wildman–Crippen MR) is 112 cm³/mol. The molecule has 34 heavy (non-hydrogen) atoms. The van der Waals surface area contributed by atoms with E-state index in [0.717, 1.165) is 11.1 Å². The maximum Gasteiger partial charge on any atom is 0.339 e. The normalized spacial score (nSPS) is 10.0. The Labute approximate surface area is 206 Å². The number of rotatable bonds is 5. The van der Waals surface area contributed by atoms with Crippen LogP contribution in [-0.4, -0.2) is 32.4 Å². The smallest absolute Gasteiger partial charge is 0.339 e. The van der Waals surface area contributed by atoms with E-state index >= 15 is 0 Å². The Bertz CT molecular complexity index is 1240. The highest BCUT2D eigenvalue weighted by Gasteiger charge is 2.16. The number of carbonyl (C=O) groups is 2. The van der Waals surface area contributed by atoms with Crippen LogP contribution in [0.3, 0.4) is 0 Å². The van der Waals surface area contributed by atoms with E-state index in [2.05, 4.69) is 0 Å². The first-order valence-electron chi connectivity index (χ1n) is 9.50. The Morgan fingerprint density at radius 1 is 0.559 bits per heavy atom. The van der Waals surface area contributed by atoms with E-state index in [4.69, 9.17) is 10.2 Å². The maximum atomic E-state index is 11.0. The summed E-state index contributed by atoms with van der Waals surface area (Å²) in [4.78, 5) is 22.1. The van der Waals surface area contributed by atoms with Gasteiger partial charge in [0.2, 0.25) is 11.4 Å². The first-order valence-corrected chi connectivity index (χ1v) is 9.50. The SMILES string of the molecule is O=C(O)c1ccc(-[n+]2ccc(-c3cc[n+](-c4ccc(C(=O)O)c(O)c4)cc3)cc2)cc1O.[Cl-].[Cl-]. The van der Waals surface area contributed by atoms with Crippen LogP contribution >= 0.6 is 0 Å². The predicted octanol–water partition coefficient (Wildman–Crippen LogP) is -3.28. The van der Waals surface area contributed by atoms with E-state index in [1.165, 1.54) is 24.3 Å². The lowest BCUT2D eigenvalue weighted by molar-refractivity contribution is -0.596. The molecule has 0 fully saturated rings. The zero-order chi connectivity index (χ0) is 22.8. The van der Waals surface area contributed by atoms with E-state index in [-0.39, 0.29) is 47.4 Å². The van der Waals surface area contributed by atoms with Gasteiger partial charge in [-0.2, -0.15) is 9.13 Å². The number of nitrogens with zero attached hydrogens (tertiary/aromatic N) is 2. The van der Waals surface area contributed by atoms with Gasteiger partial charge in [-0.1, -0.05) is 0 Å². The molecule has 0 radical (unpaired) electrons. The number of benzene rings is 2. The van der Waals surface area contributed by atoms with Crippen LogP contribution in [-0.2, 0) is 0 Å². The van der Waals surface area contributed by atoms with E-state index in [9.17, 15) is 19.8 Å². The summed E-state index contributed by atoms with van der Waals surface area (Å²) in [7, 11) is 0. The summed E-state index contributed by atoms with van der Waals surface area (Å²) in [6.45, 7) is 0. The summed E-state index contributed by atoms with van der Waals surface area (Å²) in [5.74, 6) is -2.99. The molecule has 0 atom stereocenters. The number of carboxylic acids is 2. The second-order valence-corrected chi connectivity index (χ2v) is 7.00. The molecule has 4 aromatic rings. The molecule has 0 amide bonds. The second-order valence-electron chi connectivity index (χ2n) is 7.00. The molecule has 8 nitrogen and oxygen atoms in total. The summed E-state index contributed by atoms with van der Waals surface area (Å²) in [6.07, 6.45) is 7.20. The number of pyridine rings is 2. The Hall–Kier alpha value is -4.14. The van der Waals surface area contributed by atoms with Crippen LogP contribution in [0.15, 0.2) is 85.5 Å². The van der Waals surface area contributed by atoms with Gasteiger partial charge in [0.25, 0.3) is 0 Å². The van der Waals surface area contributed by atoms with Gasteiger partial charge in [-0.05, 0) is 23.3 Å². The van der Waals surface area contributed by atoms with Crippen molar-refractivity contribution in [3.8, 4) is 34.0 Å². The van der Waals surface area contributed by atoms with Gasteiger partial charge in [0, 0.05) is 36.4 Å². The first kappa shape index (κ1) is 26.1. The quantitative estimate of drug-likeness (QED) is 0.213. The van der Waals surface area contributed by atoms with Crippen LogP contribution < -0.4 is 33.9 Å². The van der Waals surface area contributed by atoms with Crippen molar-refractivity contribution in [1.82, 2.24) is 0 Å². The number of aromatic nitrogens is 2. The standard InChI is InChI=1S/C24H16N2O6.2ClH/c27-21-13-17(1-3-19(21)23(29)30)25-9-5-15(6-10-25)16-7-11-26(12-8-16)18-2-4-20(24(31)32)22(28)14-18;;/h1-14H,(H2-2,27,28,29,30,31,32);2*1H. The van der Waals surface area contributed by atoms with Gasteiger partial charge in [-0.25, -0.2) is 9.59 Å². The molecule has 4 rings (SSSR count). The van der Waals surface area contributed by atoms with Crippen LogP contribution in [0.4, 0.5) is 0 Å². The van der Waals surface area contributed by atoms with Crippen LogP contribution in [0.5, 0.6) is 11.5 Å². The van der Waals surface area contributed by atoms with Crippen molar-refractivity contribution in [3.63, 3.8) is 0 Å². The number of hydrogen-bond acceptors (Lipinski definition) is 4. The Balaban J connectivity index is 0.00000204. The van der Waals surface area contributed by atoms with Crippen LogP contribution in [0.1, 0.15) is 20.7 Å². The minimum Gasteiger partial charge on any atom is -1.00 e. The van der Waals surface area contributed by atoms with Crippen LogP contribution in [0.2, 0.25) is 0 Å². The molecule has 174 valence electrons. The molecule has 0 aliphatic rings. The molecule has 0 aliphatic heterocycles.